The molecule has 1 unspecified atom stereocenters. The molecular weight excluding hydrogens is 370 g/mol. The van der Waals surface area contributed by atoms with Crippen LogP contribution in [0.15, 0.2) is 35.5 Å². The predicted octanol–water partition coefficient (Wildman–Crippen LogP) is 2.45. The Labute approximate surface area is 162 Å². The first-order valence-corrected chi connectivity index (χ1v) is 9.05. The Morgan fingerprint density at radius 3 is 2.56 bits per heavy atom. The molecule has 3 rings (SSSR count). The summed E-state index contributed by atoms with van der Waals surface area (Å²) in [6.45, 7) is 2.31. The molecule has 1 atom stereocenters. The molecular formula is C18H21N3O5S. The molecule has 0 saturated heterocycles. The van der Waals surface area contributed by atoms with Crippen molar-refractivity contribution in [1.82, 2.24) is 10.2 Å². The van der Waals surface area contributed by atoms with Gasteiger partial charge in [0.25, 0.3) is 5.69 Å². The SMILES string of the molecule is COCCOC(=O)C1=C(C)N(C2CC2)C(=S)NC1c1ccc([N+](=O)[O-])cc1. The molecule has 144 valence electrons. The second-order valence-corrected chi connectivity index (χ2v) is 6.85. The van der Waals surface area contributed by atoms with Crippen molar-refractivity contribution in [3.05, 3.63) is 51.2 Å². The summed E-state index contributed by atoms with van der Waals surface area (Å²) in [4.78, 5) is 25.2. The van der Waals surface area contributed by atoms with Crippen LogP contribution in [0, 0.1) is 10.1 Å². The minimum atomic E-state index is -0.525. The van der Waals surface area contributed by atoms with Crippen LogP contribution in [0.1, 0.15) is 31.4 Å². The van der Waals surface area contributed by atoms with Gasteiger partial charge in [0, 0.05) is 31.0 Å². The fourth-order valence-electron chi connectivity index (χ4n) is 3.13. The molecule has 2 aliphatic rings. The molecule has 1 N–H and O–H groups in total. The summed E-state index contributed by atoms with van der Waals surface area (Å²) in [5, 5.41) is 14.7. The molecule has 0 bridgehead atoms. The molecule has 1 aliphatic heterocycles. The van der Waals surface area contributed by atoms with Crippen molar-refractivity contribution in [2.24, 2.45) is 0 Å². The Hall–Kier alpha value is -2.52. The van der Waals surface area contributed by atoms with Gasteiger partial charge in [-0.1, -0.05) is 0 Å². The molecule has 0 radical (unpaired) electrons. The summed E-state index contributed by atoms with van der Waals surface area (Å²) in [6.07, 6.45) is 2.04. The summed E-state index contributed by atoms with van der Waals surface area (Å²) in [5.41, 5.74) is 1.91. The maximum Gasteiger partial charge on any atom is 0.338 e. The lowest BCUT2D eigenvalue weighted by Gasteiger charge is -2.37. The fraction of sp³-hybridized carbons (Fsp3) is 0.444. The van der Waals surface area contributed by atoms with E-state index in [1.165, 1.54) is 19.2 Å². The quantitative estimate of drug-likeness (QED) is 0.249. The number of non-ortho nitro benzene ring substituents is 1. The first-order chi connectivity index (χ1) is 12.9. The first-order valence-electron chi connectivity index (χ1n) is 8.65. The van der Waals surface area contributed by atoms with Crippen molar-refractivity contribution >= 4 is 29.0 Å². The molecule has 0 spiro atoms. The first kappa shape index (κ1) is 19.2. The normalized spacial score (nSPS) is 19.7. The van der Waals surface area contributed by atoms with E-state index >= 15 is 0 Å². The van der Waals surface area contributed by atoms with E-state index in [0.717, 1.165) is 18.5 Å². The van der Waals surface area contributed by atoms with Crippen LogP contribution in [0.2, 0.25) is 0 Å². The molecule has 1 saturated carbocycles. The van der Waals surface area contributed by atoms with Crippen molar-refractivity contribution in [2.45, 2.75) is 31.8 Å². The predicted molar refractivity (Wildman–Crippen MR) is 102 cm³/mol. The van der Waals surface area contributed by atoms with Crippen molar-refractivity contribution < 1.29 is 19.2 Å². The Bertz CT molecular complexity index is 789. The second kappa shape index (κ2) is 8.01. The van der Waals surface area contributed by atoms with Gasteiger partial charge in [0.05, 0.1) is 23.1 Å². The number of carbonyl (C=O) groups excluding carboxylic acids is 1. The number of nitrogens with one attached hydrogen (secondary N) is 1. The van der Waals surface area contributed by atoms with E-state index in [1.54, 1.807) is 12.1 Å². The van der Waals surface area contributed by atoms with Crippen molar-refractivity contribution in [1.29, 1.82) is 0 Å². The van der Waals surface area contributed by atoms with Crippen molar-refractivity contribution in [2.75, 3.05) is 20.3 Å². The molecule has 0 amide bonds. The zero-order valence-corrected chi connectivity index (χ0v) is 16.0. The number of thiocarbonyl (C=S) groups is 1. The second-order valence-electron chi connectivity index (χ2n) is 6.46. The van der Waals surface area contributed by atoms with Crippen molar-refractivity contribution in [3.63, 3.8) is 0 Å². The summed E-state index contributed by atoms with van der Waals surface area (Å²) in [7, 11) is 1.54. The number of rotatable bonds is 7. The van der Waals surface area contributed by atoms with Crippen LogP contribution in [0.5, 0.6) is 0 Å². The monoisotopic (exact) mass is 391 g/mol. The van der Waals surface area contributed by atoms with E-state index in [4.69, 9.17) is 21.7 Å². The molecule has 9 heteroatoms. The molecule has 1 aromatic carbocycles. The number of ether oxygens (including phenoxy) is 2. The summed E-state index contributed by atoms with van der Waals surface area (Å²) < 4.78 is 10.3. The van der Waals surface area contributed by atoms with Crippen molar-refractivity contribution in [3.8, 4) is 0 Å². The number of esters is 1. The van der Waals surface area contributed by atoms with Crippen LogP contribution in [0.25, 0.3) is 0 Å². The Balaban J connectivity index is 1.95. The minimum Gasteiger partial charge on any atom is -0.460 e. The molecule has 27 heavy (non-hydrogen) atoms. The average Bonchev–Trinajstić information content (AvgIpc) is 3.46. The number of nitro groups is 1. The van der Waals surface area contributed by atoms with Gasteiger partial charge in [0.15, 0.2) is 5.11 Å². The van der Waals surface area contributed by atoms with Gasteiger partial charge < -0.3 is 19.7 Å². The minimum absolute atomic E-state index is 0.0123. The standard InChI is InChI=1S/C18H21N3O5S/c1-11-15(17(22)26-10-9-25-2)16(19-18(27)20(11)13-7-8-13)12-3-5-14(6-4-12)21(23)24/h3-6,13,16H,7-10H2,1-2H3,(H,19,27). The number of nitro benzene ring substituents is 1. The molecule has 8 nitrogen and oxygen atoms in total. The van der Waals surface area contributed by atoms with E-state index in [-0.39, 0.29) is 12.3 Å². The third-order valence-corrected chi connectivity index (χ3v) is 4.93. The van der Waals surface area contributed by atoms with Gasteiger partial charge >= 0.3 is 5.97 Å². The Kier molecular flexibility index (Phi) is 5.71. The number of hydrogen-bond donors (Lipinski definition) is 1. The molecule has 1 aromatic rings. The Morgan fingerprint density at radius 1 is 1.33 bits per heavy atom. The fourth-order valence-corrected chi connectivity index (χ4v) is 3.53. The third kappa shape index (κ3) is 4.09. The largest absolute Gasteiger partial charge is 0.460 e. The van der Waals surface area contributed by atoms with Gasteiger partial charge in [0.2, 0.25) is 0 Å². The number of nitrogens with zero attached hydrogens (tertiary/aromatic N) is 2. The average molecular weight is 391 g/mol. The van der Waals surface area contributed by atoms with E-state index in [0.29, 0.717) is 28.9 Å². The van der Waals surface area contributed by atoms with E-state index < -0.39 is 16.9 Å². The van der Waals surface area contributed by atoms with Gasteiger partial charge in [-0.15, -0.1) is 0 Å². The van der Waals surface area contributed by atoms with Crippen LogP contribution < -0.4 is 5.32 Å². The lowest BCUT2D eigenvalue weighted by atomic mass is 9.94. The highest BCUT2D eigenvalue weighted by molar-refractivity contribution is 7.80. The lowest BCUT2D eigenvalue weighted by Crippen LogP contribution is -2.48. The summed E-state index contributed by atoms with van der Waals surface area (Å²) in [5.74, 6) is -0.450. The summed E-state index contributed by atoms with van der Waals surface area (Å²) >= 11 is 5.51. The lowest BCUT2D eigenvalue weighted by molar-refractivity contribution is -0.384. The van der Waals surface area contributed by atoms with Crippen LogP contribution in [-0.4, -0.2) is 47.3 Å². The molecule has 1 aliphatic carbocycles. The molecule has 1 fully saturated rings. The van der Waals surface area contributed by atoms with Crippen LogP contribution in [-0.2, 0) is 14.3 Å². The highest BCUT2D eigenvalue weighted by Crippen LogP contribution is 2.38. The molecule has 1 heterocycles. The smallest absolute Gasteiger partial charge is 0.338 e. The zero-order valence-electron chi connectivity index (χ0n) is 15.1. The zero-order chi connectivity index (χ0) is 19.6. The van der Waals surface area contributed by atoms with Crippen LogP contribution in [0.4, 0.5) is 5.69 Å². The van der Waals surface area contributed by atoms with E-state index in [1.807, 2.05) is 11.8 Å². The third-order valence-electron chi connectivity index (χ3n) is 4.62. The van der Waals surface area contributed by atoms with E-state index in [9.17, 15) is 14.9 Å². The van der Waals surface area contributed by atoms with E-state index in [2.05, 4.69) is 5.32 Å². The number of hydrogen-bond acceptors (Lipinski definition) is 6. The molecule has 0 aromatic heterocycles. The number of methoxy groups -OCH3 is 1. The van der Waals surface area contributed by atoms with Gasteiger partial charge in [-0.2, -0.15) is 0 Å². The van der Waals surface area contributed by atoms with Crippen LogP contribution in [0.3, 0.4) is 0 Å². The maximum atomic E-state index is 12.8. The summed E-state index contributed by atoms with van der Waals surface area (Å²) in [6, 6.07) is 5.85. The Morgan fingerprint density at radius 2 is 2.00 bits per heavy atom. The highest BCUT2D eigenvalue weighted by Gasteiger charge is 2.40. The number of benzene rings is 1. The number of allylic oxidation sites excluding steroid dienone is 1. The number of carbonyl (C=O) groups is 1. The highest BCUT2D eigenvalue weighted by atomic mass is 32.1. The van der Waals surface area contributed by atoms with Gasteiger partial charge in [-0.3, -0.25) is 10.1 Å². The van der Waals surface area contributed by atoms with Crippen LogP contribution >= 0.6 is 12.2 Å². The van der Waals surface area contributed by atoms with Gasteiger partial charge in [0.1, 0.15) is 6.61 Å². The van der Waals surface area contributed by atoms with Gasteiger partial charge in [-0.05, 0) is 49.7 Å². The maximum absolute atomic E-state index is 12.8. The van der Waals surface area contributed by atoms with Gasteiger partial charge in [-0.25, -0.2) is 4.79 Å². The topological polar surface area (TPSA) is 93.9 Å².